The van der Waals surface area contributed by atoms with Gasteiger partial charge >= 0.3 is 0 Å². The first-order chi connectivity index (χ1) is 6.60. The topological polar surface area (TPSA) is 63.4 Å². The first-order valence-corrected chi connectivity index (χ1v) is 6.85. The Balaban J connectivity index is 2.07. The van der Waals surface area contributed by atoms with Gasteiger partial charge in [0.05, 0.1) is 5.25 Å². The van der Waals surface area contributed by atoms with Crippen molar-refractivity contribution >= 4 is 10.0 Å². The van der Waals surface area contributed by atoms with E-state index in [9.17, 15) is 8.42 Å². The van der Waals surface area contributed by atoms with Gasteiger partial charge < -0.3 is 5.73 Å². The Morgan fingerprint density at radius 2 is 1.79 bits per heavy atom. The zero-order chi connectivity index (χ0) is 10.2. The second-order valence-electron chi connectivity index (χ2n) is 4.36. The molecule has 0 spiro atoms. The largest absolute Gasteiger partial charge is 0.326 e. The third-order valence-electron chi connectivity index (χ3n) is 3.27. The molecule has 1 saturated heterocycles. The number of nitrogens with two attached hydrogens (primary N) is 1. The maximum atomic E-state index is 12.1. The third kappa shape index (κ3) is 1.81. The van der Waals surface area contributed by atoms with Crippen LogP contribution in [-0.2, 0) is 10.0 Å². The molecule has 1 aliphatic heterocycles. The van der Waals surface area contributed by atoms with Crippen molar-refractivity contribution in [1.29, 1.82) is 0 Å². The standard InChI is InChI=1S/C9H18N2O2S/c10-8-5-6-11(7-8)14(12,13)9-3-1-2-4-9/h8-9H,1-7,10H2/t8-/m0/s1. The van der Waals surface area contributed by atoms with Crippen LogP contribution >= 0.6 is 0 Å². The molecule has 4 nitrogen and oxygen atoms in total. The van der Waals surface area contributed by atoms with E-state index in [2.05, 4.69) is 0 Å². The van der Waals surface area contributed by atoms with Crippen LogP contribution in [0.15, 0.2) is 0 Å². The lowest BCUT2D eigenvalue weighted by molar-refractivity contribution is 0.460. The van der Waals surface area contributed by atoms with Gasteiger partial charge in [-0.3, -0.25) is 0 Å². The van der Waals surface area contributed by atoms with E-state index in [1.165, 1.54) is 0 Å². The minimum atomic E-state index is -3.02. The van der Waals surface area contributed by atoms with E-state index in [-0.39, 0.29) is 11.3 Å². The first kappa shape index (κ1) is 10.4. The van der Waals surface area contributed by atoms with Crippen LogP contribution in [0.4, 0.5) is 0 Å². The lowest BCUT2D eigenvalue weighted by atomic mass is 10.3. The minimum Gasteiger partial charge on any atom is -0.326 e. The SMILES string of the molecule is N[C@H]1CCN(S(=O)(=O)C2CCCC2)C1. The normalized spacial score (nSPS) is 31.4. The molecule has 2 fully saturated rings. The van der Waals surface area contributed by atoms with Crippen molar-refractivity contribution in [1.82, 2.24) is 4.31 Å². The van der Waals surface area contributed by atoms with Gasteiger partial charge in [0.1, 0.15) is 0 Å². The van der Waals surface area contributed by atoms with E-state index >= 15 is 0 Å². The fourth-order valence-corrected chi connectivity index (χ4v) is 4.49. The predicted octanol–water partition coefficient (Wildman–Crippen LogP) is 0.292. The summed E-state index contributed by atoms with van der Waals surface area (Å²) in [5.41, 5.74) is 5.71. The van der Waals surface area contributed by atoms with Crippen LogP contribution < -0.4 is 5.73 Å². The summed E-state index contributed by atoms with van der Waals surface area (Å²) in [4.78, 5) is 0. The van der Waals surface area contributed by atoms with Crippen LogP contribution in [0.25, 0.3) is 0 Å². The van der Waals surface area contributed by atoms with E-state index < -0.39 is 10.0 Å². The predicted molar refractivity (Wildman–Crippen MR) is 55.3 cm³/mol. The zero-order valence-corrected chi connectivity index (χ0v) is 9.17. The third-order valence-corrected chi connectivity index (χ3v) is 5.64. The number of hydrogen-bond acceptors (Lipinski definition) is 3. The second kappa shape index (κ2) is 3.79. The highest BCUT2D eigenvalue weighted by Crippen LogP contribution is 2.28. The molecule has 0 aromatic rings. The summed E-state index contributed by atoms with van der Waals surface area (Å²) in [5.74, 6) is 0. The van der Waals surface area contributed by atoms with Crippen LogP contribution in [0.5, 0.6) is 0 Å². The van der Waals surface area contributed by atoms with Crippen LogP contribution in [0.2, 0.25) is 0 Å². The Kier molecular flexibility index (Phi) is 2.81. The molecule has 0 radical (unpaired) electrons. The van der Waals surface area contributed by atoms with Gasteiger partial charge in [-0.05, 0) is 19.3 Å². The molecule has 14 heavy (non-hydrogen) atoms. The molecule has 0 aromatic heterocycles. The summed E-state index contributed by atoms with van der Waals surface area (Å²) in [6, 6.07) is 0.0474. The monoisotopic (exact) mass is 218 g/mol. The quantitative estimate of drug-likeness (QED) is 0.724. The summed E-state index contributed by atoms with van der Waals surface area (Å²) in [5, 5.41) is -0.118. The lowest BCUT2D eigenvalue weighted by Crippen LogP contribution is -2.37. The van der Waals surface area contributed by atoms with Crippen molar-refractivity contribution in [2.75, 3.05) is 13.1 Å². The highest BCUT2D eigenvalue weighted by atomic mass is 32.2. The molecule has 1 saturated carbocycles. The fourth-order valence-electron chi connectivity index (χ4n) is 2.38. The molecule has 0 amide bonds. The zero-order valence-electron chi connectivity index (χ0n) is 8.35. The van der Waals surface area contributed by atoms with Crippen molar-refractivity contribution in [3.8, 4) is 0 Å². The number of nitrogens with zero attached hydrogens (tertiary/aromatic N) is 1. The summed E-state index contributed by atoms with van der Waals surface area (Å²) in [6.07, 6.45) is 4.61. The molecule has 5 heteroatoms. The van der Waals surface area contributed by atoms with Gasteiger partial charge in [-0.15, -0.1) is 0 Å². The average Bonchev–Trinajstić information content (AvgIpc) is 2.72. The molecule has 2 rings (SSSR count). The molecule has 0 bridgehead atoms. The molecular weight excluding hydrogens is 200 g/mol. The van der Waals surface area contributed by atoms with Gasteiger partial charge in [-0.25, -0.2) is 12.7 Å². The van der Waals surface area contributed by atoms with Crippen LogP contribution in [0.1, 0.15) is 32.1 Å². The number of sulfonamides is 1. The highest BCUT2D eigenvalue weighted by Gasteiger charge is 2.37. The Bertz CT molecular complexity index is 296. The van der Waals surface area contributed by atoms with Crippen LogP contribution in [0.3, 0.4) is 0 Å². The van der Waals surface area contributed by atoms with E-state index in [1.54, 1.807) is 4.31 Å². The minimum absolute atomic E-state index is 0.0474. The number of hydrogen-bond donors (Lipinski definition) is 1. The molecule has 2 aliphatic rings. The van der Waals surface area contributed by atoms with E-state index in [1.807, 2.05) is 0 Å². The average molecular weight is 218 g/mol. The van der Waals surface area contributed by atoms with Crippen LogP contribution in [0, 0.1) is 0 Å². The molecule has 0 unspecified atom stereocenters. The van der Waals surface area contributed by atoms with E-state index in [0.717, 1.165) is 32.1 Å². The van der Waals surface area contributed by atoms with Crippen LogP contribution in [-0.4, -0.2) is 37.1 Å². The van der Waals surface area contributed by atoms with Crippen molar-refractivity contribution in [3.63, 3.8) is 0 Å². The van der Waals surface area contributed by atoms with Crippen molar-refractivity contribution in [2.45, 2.75) is 43.4 Å². The Morgan fingerprint density at radius 3 is 2.29 bits per heavy atom. The molecule has 1 aliphatic carbocycles. The Morgan fingerprint density at radius 1 is 1.14 bits per heavy atom. The van der Waals surface area contributed by atoms with Gasteiger partial charge in [-0.1, -0.05) is 12.8 Å². The highest BCUT2D eigenvalue weighted by molar-refractivity contribution is 7.89. The molecular formula is C9H18N2O2S. The first-order valence-electron chi connectivity index (χ1n) is 5.35. The van der Waals surface area contributed by atoms with Gasteiger partial charge in [0.25, 0.3) is 0 Å². The molecule has 1 heterocycles. The fraction of sp³-hybridized carbons (Fsp3) is 1.00. The van der Waals surface area contributed by atoms with Gasteiger partial charge in [-0.2, -0.15) is 0 Å². The molecule has 1 atom stereocenters. The summed E-state index contributed by atoms with van der Waals surface area (Å²) in [6.45, 7) is 1.15. The van der Waals surface area contributed by atoms with Crippen molar-refractivity contribution in [3.05, 3.63) is 0 Å². The molecule has 0 aromatic carbocycles. The molecule has 82 valence electrons. The van der Waals surface area contributed by atoms with Crippen molar-refractivity contribution < 1.29 is 8.42 Å². The smallest absolute Gasteiger partial charge is 0.217 e. The van der Waals surface area contributed by atoms with E-state index in [4.69, 9.17) is 5.73 Å². The molecule has 2 N–H and O–H groups in total. The Labute approximate surface area is 85.5 Å². The van der Waals surface area contributed by atoms with Gasteiger partial charge in [0, 0.05) is 19.1 Å². The van der Waals surface area contributed by atoms with Crippen molar-refractivity contribution in [2.24, 2.45) is 5.73 Å². The maximum Gasteiger partial charge on any atom is 0.217 e. The summed E-state index contributed by atoms with van der Waals surface area (Å²) in [7, 11) is -3.02. The summed E-state index contributed by atoms with van der Waals surface area (Å²) < 4.78 is 25.7. The van der Waals surface area contributed by atoms with Gasteiger partial charge in [0.2, 0.25) is 10.0 Å². The van der Waals surface area contributed by atoms with E-state index in [0.29, 0.717) is 13.1 Å². The maximum absolute atomic E-state index is 12.1. The second-order valence-corrected chi connectivity index (χ2v) is 6.57. The van der Waals surface area contributed by atoms with Gasteiger partial charge in [0.15, 0.2) is 0 Å². The number of rotatable bonds is 2. The lowest BCUT2D eigenvalue weighted by Gasteiger charge is -2.20. The summed E-state index contributed by atoms with van der Waals surface area (Å²) >= 11 is 0. The Hall–Kier alpha value is -0.130.